The van der Waals surface area contributed by atoms with Crippen LogP contribution in [0.25, 0.3) is 0 Å². The van der Waals surface area contributed by atoms with Crippen LogP contribution in [0.15, 0.2) is 0 Å². The summed E-state index contributed by atoms with van der Waals surface area (Å²) in [6.07, 6.45) is 3.33. The number of nitrogens with one attached hydrogen (secondary N) is 2. The van der Waals surface area contributed by atoms with Gasteiger partial charge in [-0.3, -0.25) is 0 Å². The minimum absolute atomic E-state index is 0.166. The van der Waals surface area contributed by atoms with Crippen LogP contribution < -0.4 is 10.6 Å². The summed E-state index contributed by atoms with van der Waals surface area (Å²) in [6, 6.07) is 0.741. The molecule has 1 aliphatic heterocycles. The lowest BCUT2D eigenvalue weighted by atomic mass is 9.57. The number of fused-ring (bicyclic) bond motifs is 1. The number of carbonyl (C=O) groups excluding carboxylic acids is 1. The van der Waals surface area contributed by atoms with Gasteiger partial charge in [0, 0.05) is 36.6 Å². The van der Waals surface area contributed by atoms with Crippen molar-refractivity contribution in [2.45, 2.75) is 84.6 Å². The monoisotopic (exact) mass is 326 g/mol. The first-order valence-electron chi connectivity index (χ1n) is 8.99. The average Bonchev–Trinajstić information content (AvgIpc) is 2.86. The molecule has 4 atom stereocenters. The minimum atomic E-state index is -0.456. The zero-order chi connectivity index (χ0) is 17.3. The summed E-state index contributed by atoms with van der Waals surface area (Å²) < 4.78 is 11.2. The van der Waals surface area contributed by atoms with E-state index in [9.17, 15) is 4.79 Å². The van der Waals surface area contributed by atoms with Gasteiger partial charge in [0.15, 0.2) is 0 Å². The number of hydrogen-bond donors (Lipinski definition) is 2. The van der Waals surface area contributed by atoms with Crippen molar-refractivity contribution in [3.05, 3.63) is 0 Å². The highest BCUT2D eigenvalue weighted by Gasteiger charge is 2.59. The second kappa shape index (κ2) is 6.98. The molecule has 134 valence electrons. The molecule has 2 rings (SSSR count). The number of carbonyl (C=O) groups is 1. The van der Waals surface area contributed by atoms with E-state index in [4.69, 9.17) is 9.47 Å². The van der Waals surface area contributed by atoms with Crippen LogP contribution in [-0.4, -0.2) is 43.0 Å². The molecule has 5 heteroatoms. The van der Waals surface area contributed by atoms with Gasteiger partial charge in [0.2, 0.25) is 0 Å². The Morgan fingerprint density at radius 1 is 1.39 bits per heavy atom. The molecule has 0 aromatic heterocycles. The zero-order valence-electron chi connectivity index (χ0n) is 15.6. The molecule has 2 N–H and O–H groups in total. The fourth-order valence-corrected chi connectivity index (χ4v) is 4.03. The van der Waals surface area contributed by atoms with E-state index in [1.807, 2.05) is 20.8 Å². The van der Waals surface area contributed by atoms with E-state index in [1.165, 1.54) is 0 Å². The molecule has 23 heavy (non-hydrogen) atoms. The Morgan fingerprint density at radius 3 is 2.70 bits per heavy atom. The second-order valence-corrected chi connectivity index (χ2v) is 8.58. The maximum absolute atomic E-state index is 11.9. The maximum atomic E-state index is 11.9. The molecular weight excluding hydrogens is 292 g/mol. The standard InChI is InChI=1S/C18H34N2O3/c1-7-8-12(11-19-16(21)23-17(2,3)4)20-14-13-9-10-22-15(13)18(14,5)6/h12-15,20H,7-11H2,1-6H3,(H,19,21). The lowest BCUT2D eigenvalue weighted by molar-refractivity contribution is -0.115. The summed E-state index contributed by atoms with van der Waals surface area (Å²) in [6.45, 7) is 13.9. The molecule has 0 aromatic carbocycles. The highest BCUT2D eigenvalue weighted by atomic mass is 16.6. The van der Waals surface area contributed by atoms with Gasteiger partial charge in [-0.05, 0) is 33.6 Å². The van der Waals surface area contributed by atoms with Gasteiger partial charge >= 0.3 is 6.09 Å². The van der Waals surface area contributed by atoms with Crippen molar-refractivity contribution < 1.29 is 14.3 Å². The quantitative estimate of drug-likeness (QED) is 0.787. The number of rotatable bonds is 6. The second-order valence-electron chi connectivity index (χ2n) is 8.58. The first-order valence-corrected chi connectivity index (χ1v) is 8.99. The Labute approximate surface area is 140 Å². The molecule has 0 aromatic rings. The zero-order valence-corrected chi connectivity index (χ0v) is 15.6. The summed E-state index contributed by atoms with van der Waals surface area (Å²) in [5.74, 6) is 0.617. The molecule has 1 amide bonds. The van der Waals surface area contributed by atoms with E-state index in [0.717, 1.165) is 25.9 Å². The van der Waals surface area contributed by atoms with Crippen molar-refractivity contribution in [3.63, 3.8) is 0 Å². The number of alkyl carbamates (subject to hydrolysis) is 1. The van der Waals surface area contributed by atoms with E-state index in [1.54, 1.807) is 0 Å². The van der Waals surface area contributed by atoms with Crippen LogP contribution in [0.5, 0.6) is 0 Å². The van der Waals surface area contributed by atoms with E-state index < -0.39 is 5.60 Å². The van der Waals surface area contributed by atoms with E-state index in [2.05, 4.69) is 31.4 Å². The predicted molar refractivity (Wildman–Crippen MR) is 91.5 cm³/mol. The van der Waals surface area contributed by atoms with Crippen LogP contribution in [0.2, 0.25) is 0 Å². The van der Waals surface area contributed by atoms with Crippen LogP contribution >= 0.6 is 0 Å². The molecule has 2 fully saturated rings. The lowest BCUT2D eigenvalue weighted by Gasteiger charge is -2.56. The van der Waals surface area contributed by atoms with Crippen LogP contribution in [0, 0.1) is 11.3 Å². The Morgan fingerprint density at radius 2 is 2.09 bits per heavy atom. The molecule has 4 unspecified atom stereocenters. The lowest BCUT2D eigenvalue weighted by Crippen LogP contribution is -2.68. The van der Waals surface area contributed by atoms with E-state index in [0.29, 0.717) is 24.6 Å². The number of amides is 1. The normalized spacial score (nSPS) is 30.3. The summed E-state index contributed by atoms with van der Waals surface area (Å²) in [5, 5.41) is 6.69. The Hall–Kier alpha value is -0.810. The summed E-state index contributed by atoms with van der Waals surface area (Å²) >= 11 is 0. The third-order valence-corrected chi connectivity index (χ3v) is 5.04. The Kier molecular flexibility index (Phi) is 5.62. The van der Waals surface area contributed by atoms with Crippen molar-refractivity contribution in [3.8, 4) is 0 Å². The molecular formula is C18H34N2O3. The maximum Gasteiger partial charge on any atom is 0.407 e. The van der Waals surface area contributed by atoms with Gasteiger partial charge < -0.3 is 20.1 Å². The number of hydrogen-bond acceptors (Lipinski definition) is 4. The largest absolute Gasteiger partial charge is 0.444 e. The minimum Gasteiger partial charge on any atom is -0.444 e. The molecule has 2 aliphatic rings. The van der Waals surface area contributed by atoms with Gasteiger partial charge in [0.25, 0.3) is 0 Å². The fraction of sp³-hybridized carbons (Fsp3) is 0.944. The third kappa shape index (κ3) is 4.38. The van der Waals surface area contributed by atoms with Gasteiger partial charge in [-0.25, -0.2) is 4.79 Å². The molecule has 1 saturated heterocycles. The highest BCUT2D eigenvalue weighted by Crippen LogP contribution is 2.52. The van der Waals surface area contributed by atoms with E-state index in [-0.39, 0.29) is 17.6 Å². The van der Waals surface area contributed by atoms with Crippen LogP contribution in [0.3, 0.4) is 0 Å². The third-order valence-electron chi connectivity index (χ3n) is 5.04. The molecule has 1 saturated carbocycles. The van der Waals surface area contributed by atoms with Crippen molar-refractivity contribution in [2.75, 3.05) is 13.2 Å². The molecule has 1 heterocycles. The van der Waals surface area contributed by atoms with Gasteiger partial charge in [-0.2, -0.15) is 0 Å². The molecule has 0 bridgehead atoms. The summed E-state index contributed by atoms with van der Waals surface area (Å²) in [7, 11) is 0. The van der Waals surface area contributed by atoms with Crippen LogP contribution in [0.4, 0.5) is 4.79 Å². The first-order chi connectivity index (χ1) is 10.6. The van der Waals surface area contributed by atoms with Crippen molar-refractivity contribution in [1.82, 2.24) is 10.6 Å². The SMILES string of the molecule is CCCC(CNC(=O)OC(C)(C)C)NC1C2CCOC2C1(C)C. The highest BCUT2D eigenvalue weighted by molar-refractivity contribution is 5.67. The van der Waals surface area contributed by atoms with Gasteiger partial charge in [-0.15, -0.1) is 0 Å². The molecule has 0 spiro atoms. The van der Waals surface area contributed by atoms with Crippen molar-refractivity contribution >= 4 is 6.09 Å². The molecule has 5 nitrogen and oxygen atoms in total. The van der Waals surface area contributed by atoms with Gasteiger partial charge in [0.05, 0.1) is 6.10 Å². The average molecular weight is 326 g/mol. The molecule has 1 aliphatic carbocycles. The van der Waals surface area contributed by atoms with E-state index >= 15 is 0 Å². The van der Waals surface area contributed by atoms with Crippen molar-refractivity contribution in [1.29, 1.82) is 0 Å². The first kappa shape index (κ1) is 18.5. The van der Waals surface area contributed by atoms with Gasteiger partial charge in [0.1, 0.15) is 5.60 Å². The summed E-state index contributed by atoms with van der Waals surface area (Å²) in [4.78, 5) is 11.9. The van der Waals surface area contributed by atoms with Crippen LogP contribution in [0.1, 0.15) is 60.8 Å². The molecule has 0 radical (unpaired) electrons. The smallest absolute Gasteiger partial charge is 0.407 e. The van der Waals surface area contributed by atoms with Crippen molar-refractivity contribution in [2.24, 2.45) is 11.3 Å². The number of ether oxygens (including phenoxy) is 2. The fourth-order valence-electron chi connectivity index (χ4n) is 4.03. The van der Waals surface area contributed by atoms with Gasteiger partial charge in [-0.1, -0.05) is 27.2 Å². The Bertz CT molecular complexity index is 417. The Balaban J connectivity index is 1.85. The summed E-state index contributed by atoms with van der Waals surface area (Å²) in [5.41, 5.74) is -0.290. The topological polar surface area (TPSA) is 59.6 Å². The van der Waals surface area contributed by atoms with Crippen LogP contribution in [-0.2, 0) is 9.47 Å². The predicted octanol–water partition coefficient (Wildman–Crippen LogP) is 3.08.